The zero-order valence-electron chi connectivity index (χ0n) is 16.1. The Hall–Kier alpha value is -1.96. The molecule has 0 aliphatic carbocycles. The maximum absolute atomic E-state index is 13.6. The highest BCUT2D eigenvalue weighted by Gasteiger charge is 2.22. The minimum Gasteiger partial charge on any atom is -0.494 e. The fourth-order valence-corrected chi connectivity index (χ4v) is 4.83. The molecule has 1 saturated heterocycles. The van der Waals surface area contributed by atoms with Crippen molar-refractivity contribution >= 4 is 10.0 Å². The molecule has 1 atom stereocenters. The number of likely N-dealkylation sites (tertiary alicyclic amines) is 1. The van der Waals surface area contributed by atoms with Crippen LogP contribution in [0.3, 0.4) is 0 Å². The van der Waals surface area contributed by atoms with Crippen LogP contribution in [0.2, 0.25) is 0 Å². The first-order valence-corrected chi connectivity index (χ1v) is 11.2. The maximum atomic E-state index is 13.6. The van der Waals surface area contributed by atoms with E-state index < -0.39 is 10.0 Å². The van der Waals surface area contributed by atoms with Crippen LogP contribution < -0.4 is 9.46 Å². The molecule has 0 unspecified atom stereocenters. The average molecular weight is 407 g/mol. The van der Waals surface area contributed by atoms with E-state index in [0.29, 0.717) is 13.1 Å². The first kappa shape index (κ1) is 20.8. The lowest BCUT2D eigenvalue weighted by atomic mass is 9.98. The molecule has 5 nitrogen and oxygen atoms in total. The van der Waals surface area contributed by atoms with Gasteiger partial charge in [0.05, 0.1) is 12.9 Å². The second kappa shape index (κ2) is 9.49. The van der Waals surface area contributed by atoms with Crippen molar-refractivity contribution in [2.24, 2.45) is 5.92 Å². The van der Waals surface area contributed by atoms with Crippen molar-refractivity contribution < 1.29 is 17.5 Å². The van der Waals surface area contributed by atoms with E-state index in [4.69, 9.17) is 4.74 Å². The highest BCUT2D eigenvalue weighted by atomic mass is 32.2. The molecule has 7 heteroatoms. The Morgan fingerprint density at radius 3 is 2.71 bits per heavy atom. The lowest BCUT2D eigenvalue weighted by molar-refractivity contribution is 0.168. The van der Waals surface area contributed by atoms with Gasteiger partial charge in [-0.25, -0.2) is 17.5 Å². The molecule has 2 aromatic rings. The number of sulfonamides is 1. The predicted octanol–water partition coefficient (Wildman–Crippen LogP) is 3.17. The van der Waals surface area contributed by atoms with Crippen LogP contribution in [-0.2, 0) is 22.3 Å². The Kier molecular flexibility index (Phi) is 7.04. The van der Waals surface area contributed by atoms with E-state index in [1.165, 1.54) is 13.2 Å². The van der Waals surface area contributed by atoms with Crippen molar-refractivity contribution in [3.8, 4) is 5.75 Å². The van der Waals surface area contributed by atoms with Crippen molar-refractivity contribution in [1.29, 1.82) is 0 Å². The van der Waals surface area contributed by atoms with E-state index in [9.17, 15) is 12.8 Å². The van der Waals surface area contributed by atoms with Crippen molar-refractivity contribution in [2.45, 2.75) is 25.1 Å². The smallest absolute Gasteiger partial charge is 0.215 e. The van der Waals surface area contributed by atoms with Gasteiger partial charge in [-0.05, 0) is 48.6 Å². The zero-order valence-corrected chi connectivity index (χ0v) is 16.9. The number of hydrogen-bond acceptors (Lipinski definition) is 4. The Morgan fingerprint density at radius 1 is 1.18 bits per heavy atom. The maximum Gasteiger partial charge on any atom is 0.215 e. The SMILES string of the molecule is COc1cc(CN2CCC[C@H](CNS(=O)(=O)Cc3ccccc3)C2)ccc1F. The first-order chi connectivity index (χ1) is 13.4. The van der Waals surface area contributed by atoms with Crippen molar-refractivity contribution in [3.63, 3.8) is 0 Å². The molecular weight excluding hydrogens is 379 g/mol. The third-order valence-electron chi connectivity index (χ3n) is 5.02. The summed E-state index contributed by atoms with van der Waals surface area (Å²) in [6.45, 7) is 2.91. The zero-order chi connectivity index (χ0) is 20.0. The highest BCUT2D eigenvalue weighted by Crippen LogP contribution is 2.22. The van der Waals surface area contributed by atoms with Gasteiger partial charge in [0.1, 0.15) is 0 Å². The van der Waals surface area contributed by atoms with E-state index in [1.54, 1.807) is 12.1 Å². The molecule has 0 radical (unpaired) electrons. The van der Waals surface area contributed by atoms with Crippen molar-refractivity contribution in [2.75, 3.05) is 26.7 Å². The normalized spacial score (nSPS) is 18.1. The summed E-state index contributed by atoms with van der Waals surface area (Å²) in [7, 11) is -1.89. The summed E-state index contributed by atoms with van der Waals surface area (Å²) in [5, 5.41) is 0. The molecule has 0 spiro atoms. The number of benzene rings is 2. The second-order valence-corrected chi connectivity index (χ2v) is 9.11. The minimum absolute atomic E-state index is 0.000349. The van der Waals surface area contributed by atoms with Gasteiger partial charge in [0.15, 0.2) is 11.6 Å². The monoisotopic (exact) mass is 406 g/mol. The summed E-state index contributed by atoms with van der Waals surface area (Å²) < 4.78 is 46.1. The molecule has 28 heavy (non-hydrogen) atoms. The predicted molar refractivity (Wildman–Crippen MR) is 108 cm³/mol. The number of halogens is 1. The van der Waals surface area contributed by atoms with Gasteiger partial charge in [0.25, 0.3) is 0 Å². The Bertz CT molecular complexity index is 874. The Labute approximate surface area is 166 Å². The molecule has 1 heterocycles. The van der Waals surface area contributed by atoms with Crippen molar-refractivity contribution in [1.82, 2.24) is 9.62 Å². The van der Waals surface area contributed by atoms with E-state index in [0.717, 1.165) is 37.1 Å². The molecule has 2 aromatic carbocycles. The number of ether oxygens (including phenoxy) is 1. The fraction of sp³-hybridized carbons (Fsp3) is 0.429. The third-order valence-corrected chi connectivity index (χ3v) is 6.34. The van der Waals surface area contributed by atoms with Crippen LogP contribution in [0.4, 0.5) is 4.39 Å². The van der Waals surface area contributed by atoms with Crippen LogP contribution in [0.1, 0.15) is 24.0 Å². The standard InChI is InChI=1S/C21H27FN2O3S/c1-27-21-12-18(9-10-20(21)22)14-24-11-5-8-19(15-24)13-23-28(25,26)16-17-6-3-2-4-7-17/h2-4,6-7,9-10,12,19,23H,5,8,11,13-16H2,1H3/t19-/m1/s1. The van der Waals surface area contributed by atoms with E-state index in [-0.39, 0.29) is 23.2 Å². The number of piperidine rings is 1. The molecule has 0 amide bonds. The lowest BCUT2D eigenvalue weighted by Crippen LogP contribution is -2.40. The molecule has 1 aliphatic rings. The van der Waals surface area contributed by atoms with Gasteiger partial charge in [0, 0.05) is 19.6 Å². The largest absolute Gasteiger partial charge is 0.494 e. The summed E-state index contributed by atoms with van der Waals surface area (Å²) in [4.78, 5) is 2.28. The van der Waals surface area contributed by atoms with Crippen LogP contribution >= 0.6 is 0 Å². The van der Waals surface area contributed by atoms with Crippen LogP contribution in [0.15, 0.2) is 48.5 Å². The summed E-state index contributed by atoms with van der Waals surface area (Å²) >= 11 is 0. The van der Waals surface area contributed by atoms with Gasteiger partial charge in [0.2, 0.25) is 10.0 Å². The molecule has 0 bridgehead atoms. The van der Waals surface area contributed by atoms with E-state index in [2.05, 4.69) is 9.62 Å². The highest BCUT2D eigenvalue weighted by molar-refractivity contribution is 7.88. The summed E-state index contributed by atoms with van der Waals surface area (Å²) in [6, 6.07) is 14.1. The number of nitrogens with one attached hydrogen (secondary N) is 1. The van der Waals surface area contributed by atoms with Gasteiger partial charge in [-0.1, -0.05) is 36.4 Å². The van der Waals surface area contributed by atoms with Crippen molar-refractivity contribution in [3.05, 3.63) is 65.5 Å². The molecule has 0 saturated carbocycles. The summed E-state index contributed by atoms with van der Waals surface area (Å²) in [5.74, 6) is 0.150. The second-order valence-electron chi connectivity index (χ2n) is 7.31. The first-order valence-electron chi connectivity index (χ1n) is 9.51. The minimum atomic E-state index is -3.35. The molecule has 0 aromatic heterocycles. The third kappa shape index (κ3) is 6.02. The van der Waals surface area contributed by atoms with Crippen LogP contribution in [0.5, 0.6) is 5.75 Å². The van der Waals surface area contributed by atoms with Crippen LogP contribution in [0, 0.1) is 11.7 Å². The molecular formula is C21H27FN2O3S. The van der Waals surface area contributed by atoms with Gasteiger partial charge in [-0.15, -0.1) is 0 Å². The number of methoxy groups -OCH3 is 1. The average Bonchev–Trinajstić information content (AvgIpc) is 2.69. The van der Waals surface area contributed by atoms with Gasteiger partial charge in [-0.2, -0.15) is 0 Å². The molecule has 3 rings (SSSR count). The topological polar surface area (TPSA) is 58.6 Å². The quantitative estimate of drug-likeness (QED) is 0.732. The number of rotatable bonds is 8. The fourth-order valence-electron chi connectivity index (χ4n) is 3.61. The van der Waals surface area contributed by atoms with Gasteiger partial charge < -0.3 is 4.74 Å². The van der Waals surface area contributed by atoms with Gasteiger partial charge >= 0.3 is 0 Å². The van der Waals surface area contributed by atoms with Gasteiger partial charge in [-0.3, -0.25) is 4.90 Å². The molecule has 1 aliphatic heterocycles. The van der Waals surface area contributed by atoms with E-state index in [1.807, 2.05) is 30.3 Å². The van der Waals surface area contributed by atoms with E-state index >= 15 is 0 Å². The Balaban J connectivity index is 1.52. The number of nitrogens with zero attached hydrogens (tertiary/aromatic N) is 1. The molecule has 1 fully saturated rings. The summed E-state index contributed by atoms with van der Waals surface area (Å²) in [5.41, 5.74) is 1.77. The molecule has 152 valence electrons. The van der Waals surface area contributed by atoms with Crippen LogP contribution in [-0.4, -0.2) is 40.1 Å². The van der Waals surface area contributed by atoms with Crippen LogP contribution in [0.25, 0.3) is 0 Å². The Morgan fingerprint density at radius 2 is 1.96 bits per heavy atom. The summed E-state index contributed by atoms with van der Waals surface area (Å²) in [6.07, 6.45) is 2.01. The number of hydrogen-bond donors (Lipinski definition) is 1. The lowest BCUT2D eigenvalue weighted by Gasteiger charge is -2.32. The molecule has 1 N–H and O–H groups in total.